The third-order valence-electron chi connectivity index (χ3n) is 2.65. The summed E-state index contributed by atoms with van der Waals surface area (Å²) in [6.45, 7) is 4.44. The van der Waals surface area contributed by atoms with E-state index in [1.807, 2.05) is 0 Å². The van der Waals surface area contributed by atoms with Crippen molar-refractivity contribution in [3.8, 4) is 0 Å². The summed E-state index contributed by atoms with van der Waals surface area (Å²) in [5.74, 6) is 0. The fourth-order valence-electron chi connectivity index (χ4n) is 1.52. The second-order valence-corrected chi connectivity index (χ2v) is 4.85. The van der Waals surface area contributed by atoms with Gasteiger partial charge in [-0.1, -0.05) is 46.0 Å². The van der Waals surface area contributed by atoms with Crippen molar-refractivity contribution in [3.05, 3.63) is 0 Å². The molecule has 1 saturated carbocycles. The molecule has 0 spiro atoms. The lowest BCUT2D eigenvalue weighted by Gasteiger charge is -2.16. The second-order valence-electron chi connectivity index (χ2n) is 4.14. The zero-order valence-electron chi connectivity index (χ0n) is 10.9. The Morgan fingerprint density at radius 3 is 2.35 bits per heavy atom. The number of hydrogen-bond acceptors (Lipinski definition) is 4. The van der Waals surface area contributed by atoms with Crippen LogP contribution in [0.25, 0.3) is 0 Å². The highest BCUT2D eigenvalue weighted by Gasteiger charge is 2.10. The molecule has 0 bridgehead atoms. The summed E-state index contributed by atoms with van der Waals surface area (Å²) in [6, 6.07) is 0.391. The van der Waals surface area contributed by atoms with Crippen molar-refractivity contribution in [1.29, 1.82) is 0 Å². The van der Waals surface area contributed by atoms with E-state index in [0.29, 0.717) is 6.04 Å². The third-order valence-corrected chi connectivity index (χ3v) is 3.01. The smallest absolute Gasteiger partial charge is 0.488 e. The van der Waals surface area contributed by atoms with Gasteiger partial charge >= 0.3 is 8.25 Å². The second kappa shape index (κ2) is 12.2. The quantitative estimate of drug-likeness (QED) is 0.564. The molecule has 0 aromatic carbocycles. The van der Waals surface area contributed by atoms with Crippen LogP contribution >= 0.6 is 8.25 Å². The molecule has 1 unspecified atom stereocenters. The van der Waals surface area contributed by atoms with Crippen LogP contribution in [0.15, 0.2) is 4.99 Å². The number of nitrogens with zero attached hydrogens (tertiary/aromatic N) is 1. The Labute approximate surface area is 105 Å². The molecule has 100 valence electrons. The molecule has 0 radical (unpaired) electrons. The molecule has 1 atom stereocenters. The van der Waals surface area contributed by atoms with Crippen molar-refractivity contribution >= 4 is 14.5 Å². The first-order valence-corrected chi connectivity index (χ1v) is 7.59. The number of aliphatic imine (C=N–C) groups is 1. The van der Waals surface area contributed by atoms with Gasteiger partial charge in [0.05, 0.1) is 0 Å². The molecular formula is C12H24NO3P. The SMILES string of the molecule is CCCC.O=[P+]([O-])OCC=NC1CCCCC1. The molecule has 0 aromatic rings. The molecule has 1 aliphatic rings. The van der Waals surface area contributed by atoms with Crippen LogP contribution in [0.3, 0.4) is 0 Å². The predicted molar refractivity (Wildman–Crippen MR) is 69.5 cm³/mol. The molecule has 4 nitrogen and oxygen atoms in total. The van der Waals surface area contributed by atoms with E-state index in [2.05, 4.69) is 23.4 Å². The summed E-state index contributed by atoms with van der Waals surface area (Å²) in [5, 5.41) is 0. The highest BCUT2D eigenvalue weighted by atomic mass is 31.1. The van der Waals surface area contributed by atoms with Crippen LogP contribution in [0.5, 0.6) is 0 Å². The fraction of sp³-hybridized carbons (Fsp3) is 0.917. The summed E-state index contributed by atoms with van der Waals surface area (Å²) in [5.41, 5.74) is 0. The molecule has 1 aliphatic carbocycles. The Morgan fingerprint density at radius 1 is 1.29 bits per heavy atom. The van der Waals surface area contributed by atoms with Crippen molar-refractivity contribution in [2.24, 2.45) is 4.99 Å². The normalized spacial score (nSPS) is 17.7. The van der Waals surface area contributed by atoms with Crippen LogP contribution in [-0.4, -0.2) is 18.9 Å². The van der Waals surface area contributed by atoms with E-state index in [0.717, 1.165) is 12.8 Å². The van der Waals surface area contributed by atoms with Gasteiger partial charge in [0.1, 0.15) is 6.61 Å². The van der Waals surface area contributed by atoms with Gasteiger partial charge in [-0.05, 0) is 17.4 Å². The number of unbranched alkanes of at least 4 members (excludes halogenated alkanes) is 1. The van der Waals surface area contributed by atoms with Gasteiger partial charge in [-0.25, -0.2) is 0 Å². The third kappa shape index (κ3) is 11.9. The summed E-state index contributed by atoms with van der Waals surface area (Å²) in [7, 11) is -2.72. The monoisotopic (exact) mass is 261 g/mol. The van der Waals surface area contributed by atoms with Crippen molar-refractivity contribution in [3.63, 3.8) is 0 Å². The van der Waals surface area contributed by atoms with Crippen LogP contribution in [0.4, 0.5) is 0 Å². The van der Waals surface area contributed by atoms with Crippen molar-refractivity contribution in [2.45, 2.75) is 64.8 Å². The Balaban J connectivity index is 0.000000557. The largest absolute Gasteiger partial charge is 0.566 e. The summed E-state index contributed by atoms with van der Waals surface area (Å²) in [6.07, 6.45) is 10.2. The molecule has 5 heteroatoms. The van der Waals surface area contributed by atoms with Crippen molar-refractivity contribution < 1.29 is 14.0 Å². The van der Waals surface area contributed by atoms with E-state index in [9.17, 15) is 9.46 Å². The molecule has 0 saturated heterocycles. The Bertz CT molecular complexity index is 214. The van der Waals surface area contributed by atoms with E-state index < -0.39 is 8.25 Å². The maximum Gasteiger partial charge on any atom is 0.488 e. The molecule has 0 aromatic heterocycles. The average molecular weight is 261 g/mol. The molecule has 0 amide bonds. The summed E-state index contributed by atoms with van der Waals surface area (Å²) in [4.78, 5) is 14.2. The maximum atomic E-state index is 10.0. The molecule has 0 aliphatic heterocycles. The first-order valence-electron chi connectivity index (χ1n) is 6.49. The van der Waals surface area contributed by atoms with E-state index in [-0.39, 0.29) is 6.61 Å². The average Bonchev–Trinajstić information content (AvgIpc) is 2.36. The van der Waals surface area contributed by atoms with Gasteiger partial charge in [0.25, 0.3) is 0 Å². The van der Waals surface area contributed by atoms with Gasteiger partial charge in [-0.2, -0.15) is 0 Å². The van der Waals surface area contributed by atoms with Gasteiger partial charge < -0.3 is 4.89 Å². The Morgan fingerprint density at radius 2 is 1.88 bits per heavy atom. The van der Waals surface area contributed by atoms with Crippen molar-refractivity contribution in [1.82, 2.24) is 0 Å². The molecule has 0 N–H and O–H groups in total. The zero-order valence-corrected chi connectivity index (χ0v) is 11.8. The molecule has 1 rings (SSSR count). The number of rotatable bonds is 5. The van der Waals surface area contributed by atoms with Gasteiger partial charge in [0.15, 0.2) is 0 Å². The van der Waals surface area contributed by atoms with E-state index >= 15 is 0 Å². The predicted octanol–water partition coefficient (Wildman–Crippen LogP) is 3.23. The Kier molecular flexibility index (Phi) is 11.9. The Hall–Kier alpha value is -0.310. The van der Waals surface area contributed by atoms with Crippen LogP contribution < -0.4 is 4.89 Å². The van der Waals surface area contributed by atoms with Crippen molar-refractivity contribution in [2.75, 3.05) is 6.61 Å². The summed E-state index contributed by atoms with van der Waals surface area (Å²) >= 11 is 0. The van der Waals surface area contributed by atoms with Crippen LogP contribution in [-0.2, 0) is 9.09 Å². The van der Waals surface area contributed by atoms with E-state index in [4.69, 9.17) is 0 Å². The minimum Gasteiger partial charge on any atom is -0.566 e. The first-order chi connectivity index (χ1) is 8.20. The van der Waals surface area contributed by atoms with Gasteiger partial charge in [-0.15, -0.1) is 4.52 Å². The fourth-order valence-corrected chi connectivity index (χ4v) is 1.70. The molecular weight excluding hydrogens is 237 g/mol. The summed E-state index contributed by atoms with van der Waals surface area (Å²) < 4.78 is 14.3. The highest BCUT2D eigenvalue weighted by Crippen LogP contribution is 2.19. The number of hydrogen-bond donors (Lipinski definition) is 0. The van der Waals surface area contributed by atoms with Gasteiger partial charge in [0.2, 0.25) is 0 Å². The van der Waals surface area contributed by atoms with Crippen LogP contribution in [0, 0.1) is 0 Å². The van der Waals surface area contributed by atoms with Crippen LogP contribution in [0.2, 0.25) is 0 Å². The van der Waals surface area contributed by atoms with Gasteiger partial charge in [-0.3, -0.25) is 4.99 Å². The maximum absolute atomic E-state index is 10.0. The topological polar surface area (TPSA) is 61.7 Å². The minimum atomic E-state index is -2.72. The first kappa shape index (κ1) is 16.7. The van der Waals surface area contributed by atoms with Crippen LogP contribution in [0.1, 0.15) is 58.8 Å². The van der Waals surface area contributed by atoms with E-state index in [1.54, 1.807) is 6.21 Å². The lowest BCUT2D eigenvalue weighted by molar-refractivity contribution is -0.184. The molecule has 17 heavy (non-hydrogen) atoms. The van der Waals surface area contributed by atoms with Gasteiger partial charge in [0, 0.05) is 12.3 Å². The molecule has 0 heterocycles. The standard InChI is InChI=1S/C8H14NO3P.C4H10/c10-13(11)12-7-6-9-8-4-2-1-3-5-8;1-3-4-2/h6,8H,1-5,7H2;3-4H2,1-2H3. The zero-order chi connectivity index (χ0) is 12.9. The highest BCUT2D eigenvalue weighted by molar-refractivity contribution is 7.30. The lowest BCUT2D eigenvalue weighted by Crippen LogP contribution is -2.10. The van der Waals surface area contributed by atoms with E-state index in [1.165, 1.54) is 32.1 Å². The minimum absolute atomic E-state index is 0.0786. The lowest BCUT2D eigenvalue weighted by atomic mass is 9.96. The molecule has 1 fully saturated rings.